The molecule has 0 aromatic heterocycles. The van der Waals surface area contributed by atoms with Crippen LogP contribution in [0.15, 0.2) is 18.2 Å². The Bertz CT molecular complexity index is 486. The molecule has 1 amide bonds. The van der Waals surface area contributed by atoms with Gasteiger partial charge in [-0.2, -0.15) is 13.2 Å². The van der Waals surface area contributed by atoms with Gasteiger partial charge in [-0.15, -0.1) is 0 Å². The Labute approximate surface area is 115 Å². The fourth-order valence-corrected chi connectivity index (χ4v) is 1.82. The molecule has 1 rings (SSSR count). The molecule has 7 heteroatoms. The smallest absolute Gasteiger partial charge is 0.397 e. The topological polar surface area (TPSA) is 58.4 Å². The number of hydrogen-bond acceptors (Lipinski definition) is 3. The van der Waals surface area contributed by atoms with Crippen molar-refractivity contribution >= 4 is 17.3 Å². The number of amides is 1. The van der Waals surface area contributed by atoms with E-state index in [0.29, 0.717) is 0 Å². The first-order valence-corrected chi connectivity index (χ1v) is 6.10. The van der Waals surface area contributed by atoms with E-state index in [2.05, 4.69) is 5.32 Å². The average Bonchev–Trinajstić information content (AvgIpc) is 2.34. The molecule has 1 aromatic rings. The summed E-state index contributed by atoms with van der Waals surface area (Å²) in [5.41, 5.74) is 6.43. The molecule has 0 saturated heterocycles. The normalized spacial score (nSPS) is 11.6. The van der Waals surface area contributed by atoms with Gasteiger partial charge in [0.1, 0.15) is 6.54 Å². The molecule has 0 bridgehead atoms. The molecule has 3 N–H and O–H groups in total. The van der Waals surface area contributed by atoms with Crippen LogP contribution in [-0.2, 0) is 0 Å². The number of halogens is 3. The number of nitrogens with one attached hydrogen (secondary N) is 1. The lowest BCUT2D eigenvalue weighted by Crippen LogP contribution is -2.39. The lowest BCUT2D eigenvalue weighted by molar-refractivity contribution is -0.120. The zero-order valence-corrected chi connectivity index (χ0v) is 11.6. The number of nitrogens with two attached hydrogens (primary N) is 1. The monoisotopic (exact) mass is 289 g/mol. The molecular weight excluding hydrogens is 271 g/mol. The summed E-state index contributed by atoms with van der Waals surface area (Å²) in [5, 5.41) is 2.42. The van der Waals surface area contributed by atoms with Crippen molar-refractivity contribution in [2.75, 3.05) is 24.2 Å². The summed E-state index contributed by atoms with van der Waals surface area (Å²) in [6.07, 6.45) is -4.35. The second kappa shape index (κ2) is 6.02. The van der Waals surface area contributed by atoms with Crippen molar-refractivity contribution in [1.82, 2.24) is 5.32 Å². The number of benzene rings is 1. The molecule has 1 aromatic carbocycles. The zero-order valence-electron chi connectivity index (χ0n) is 11.6. The van der Waals surface area contributed by atoms with Gasteiger partial charge in [0.15, 0.2) is 0 Å². The number of nitrogens with zero attached hydrogens (tertiary/aromatic N) is 1. The number of carbonyl (C=O) groups is 1. The molecule has 0 saturated carbocycles. The highest BCUT2D eigenvalue weighted by Gasteiger charge is 2.32. The van der Waals surface area contributed by atoms with Gasteiger partial charge in [-0.05, 0) is 32.0 Å². The third kappa shape index (κ3) is 4.04. The highest BCUT2D eigenvalue weighted by atomic mass is 19.4. The predicted molar refractivity (Wildman–Crippen MR) is 72.8 cm³/mol. The minimum atomic E-state index is -4.35. The van der Waals surface area contributed by atoms with Crippen LogP contribution in [-0.4, -0.2) is 31.7 Å². The number of hydrogen-bond donors (Lipinski definition) is 2. The largest absolute Gasteiger partial charge is 0.405 e. The molecule has 4 nitrogen and oxygen atoms in total. The Hall–Kier alpha value is -1.92. The van der Waals surface area contributed by atoms with Gasteiger partial charge in [-0.1, -0.05) is 0 Å². The minimum Gasteiger partial charge on any atom is -0.397 e. The minimum absolute atomic E-state index is 0.204. The molecule has 0 aliphatic rings. The number of nitrogen functional groups attached to an aromatic ring is 1. The van der Waals surface area contributed by atoms with Gasteiger partial charge in [0.2, 0.25) is 0 Å². The third-order valence-electron chi connectivity index (χ3n) is 2.80. The van der Waals surface area contributed by atoms with Crippen LogP contribution in [0.5, 0.6) is 0 Å². The Morgan fingerprint density at radius 2 is 2.00 bits per heavy atom. The first-order valence-electron chi connectivity index (χ1n) is 6.10. The van der Waals surface area contributed by atoms with Crippen LogP contribution >= 0.6 is 0 Å². The number of carbonyl (C=O) groups excluding carboxylic acids is 1. The van der Waals surface area contributed by atoms with E-state index in [-0.39, 0.29) is 22.8 Å². The van der Waals surface area contributed by atoms with Crippen molar-refractivity contribution in [3.05, 3.63) is 23.8 Å². The molecule has 0 heterocycles. The first-order chi connectivity index (χ1) is 9.15. The van der Waals surface area contributed by atoms with Crippen LogP contribution < -0.4 is 16.0 Å². The van der Waals surface area contributed by atoms with Crippen LogP contribution in [0.1, 0.15) is 24.2 Å². The zero-order chi connectivity index (χ0) is 15.5. The summed E-state index contributed by atoms with van der Waals surface area (Å²) < 4.78 is 37.9. The average molecular weight is 289 g/mol. The van der Waals surface area contributed by atoms with Gasteiger partial charge in [0, 0.05) is 18.7 Å². The highest BCUT2D eigenvalue weighted by molar-refractivity contribution is 5.96. The third-order valence-corrected chi connectivity index (χ3v) is 2.80. The number of rotatable bonds is 4. The van der Waals surface area contributed by atoms with E-state index in [1.165, 1.54) is 25.2 Å². The molecule has 20 heavy (non-hydrogen) atoms. The Kier molecular flexibility index (Phi) is 4.86. The van der Waals surface area contributed by atoms with E-state index in [4.69, 9.17) is 5.73 Å². The Balaban J connectivity index is 3.22. The summed E-state index contributed by atoms with van der Waals surface area (Å²) >= 11 is 0. The maximum Gasteiger partial charge on any atom is 0.405 e. The lowest BCUT2D eigenvalue weighted by Gasteiger charge is -2.31. The fraction of sp³-hybridized carbons (Fsp3) is 0.462. The molecule has 0 atom stereocenters. The van der Waals surface area contributed by atoms with Gasteiger partial charge in [0.05, 0.1) is 11.4 Å². The van der Waals surface area contributed by atoms with Crippen LogP contribution in [0.3, 0.4) is 0 Å². The van der Waals surface area contributed by atoms with Crippen molar-refractivity contribution in [3.63, 3.8) is 0 Å². The van der Waals surface area contributed by atoms with E-state index in [9.17, 15) is 18.0 Å². The molecule has 0 fully saturated rings. The number of anilines is 2. The van der Waals surface area contributed by atoms with E-state index in [0.717, 1.165) is 4.90 Å². The van der Waals surface area contributed by atoms with E-state index in [1.807, 2.05) is 0 Å². The summed E-state index contributed by atoms with van der Waals surface area (Å²) in [6, 6.07) is 3.88. The van der Waals surface area contributed by atoms with Crippen molar-refractivity contribution in [2.24, 2.45) is 0 Å². The molecule has 0 radical (unpaired) electrons. The van der Waals surface area contributed by atoms with Gasteiger partial charge in [-0.25, -0.2) is 0 Å². The second-order valence-electron chi connectivity index (χ2n) is 4.69. The highest BCUT2D eigenvalue weighted by Crippen LogP contribution is 2.29. The van der Waals surface area contributed by atoms with Crippen molar-refractivity contribution in [1.29, 1.82) is 0 Å². The van der Waals surface area contributed by atoms with Gasteiger partial charge < -0.3 is 16.0 Å². The van der Waals surface area contributed by atoms with Crippen molar-refractivity contribution in [2.45, 2.75) is 26.1 Å². The summed E-state index contributed by atoms with van der Waals surface area (Å²) in [6.45, 7) is 2.15. The Morgan fingerprint density at radius 1 is 1.40 bits per heavy atom. The second-order valence-corrected chi connectivity index (χ2v) is 4.69. The first kappa shape index (κ1) is 16.1. The lowest BCUT2D eigenvalue weighted by atomic mass is 10.1. The maximum absolute atomic E-state index is 12.6. The predicted octanol–water partition coefficient (Wildman–Crippen LogP) is 2.41. The van der Waals surface area contributed by atoms with Crippen LogP contribution in [0, 0.1) is 0 Å². The van der Waals surface area contributed by atoms with E-state index >= 15 is 0 Å². The molecule has 0 unspecified atom stereocenters. The van der Waals surface area contributed by atoms with Gasteiger partial charge in [0.25, 0.3) is 5.91 Å². The molecular formula is C13H18F3N3O. The van der Waals surface area contributed by atoms with Crippen LogP contribution in [0.4, 0.5) is 24.5 Å². The summed E-state index contributed by atoms with van der Waals surface area (Å²) in [5.74, 6) is -0.373. The molecule has 112 valence electrons. The molecule has 0 aliphatic carbocycles. The van der Waals surface area contributed by atoms with Gasteiger partial charge >= 0.3 is 6.18 Å². The maximum atomic E-state index is 12.6. The molecule has 0 aliphatic heterocycles. The summed E-state index contributed by atoms with van der Waals surface area (Å²) in [4.78, 5) is 12.7. The van der Waals surface area contributed by atoms with Crippen LogP contribution in [0.2, 0.25) is 0 Å². The fourth-order valence-electron chi connectivity index (χ4n) is 1.82. The SMILES string of the molecule is CNC(=O)c1ccc(N)c(N(CC(F)(F)F)C(C)C)c1. The standard InChI is InChI=1S/C13H18F3N3O/c1-8(2)19(7-13(14,15)16)11-6-9(12(20)18-3)4-5-10(11)17/h4-6,8H,7,17H2,1-3H3,(H,18,20). The van der Waals surface area contributed by atoms with Crippen LogP contribution in [0.25, 0.3) is 0 Å². The molecule has 0 spiro atoms. The van der Waals surface area contributed by atoms with E-state index in [1.54, 1.807) is 13.8 Å². The van der Waals surface area contributed by atoms with Crippen molar-refractivity contribution < 1.29 is 18.0 Å². The van der Waals surface area contributed by atoms with Crippen molar-refractivity contribution in [3.8, 4) is 0 Å². The Morgan fingerprint density at radius 3 is 2.45 bits per heavy atom. The van der Waals surface area contributed by atoms with E-state index < -0.39 is 18.8 Å². The van der Waals surface area contributed by atoms with Gasteiger partial charge in [-0.3, -0.25) is 4.79 Å². The summed E-state index contributed by atoms with van der Waals surface area (Å²) in [7, 11) is 1.45. The number of alkyl halides is 3. The quantitative estimate of drug-likeness (QED) is 0.837.